The third-order valence-electron chi connectivity index (χ3n) is 11.6. The second-order valence-corrected chi connectivity index (χ2v) is 20.2. The van der Waals surface area contributed by atoms with Gasteiger partial charge in [0, 0.05) is 48.0 Å². The number of aromatic nitrogens is 3. The molecule has 1 spiro atoms. The van der Waals surface area contributed by atoms with Crippen molar-refractivity contribution in [1.29, 1.82) is 0 Å². The lowest BCUT2D eigenvalue weighted by Crippen LogP contribution is -2.51. The number of para-hydroxylation sites is 2. The van der Waals surface area contributed by atoms with Gasteiger partial charge in [0.1, 0.15) is 11.5 Å². The number of carbonyl (C=O) groups excluding carboxylic acids is 2. The van der Waals surface area contributed by atoms with Gasteiger partial charge in [-0.15, -0.1) is 5.10 Å². The standard InChI is InChI=1S/C42H44ClN5O6Si/c1-27-40(55(3,4)33-16-14-32(52-2)15-17-33)38(19-21-46-25-30(20-22-49)44-45-46)54-42(27)34-23-29(43)11-18-35(34)47(41(42)51)24-28-9-12-31(13-10-28)48-36-7-5-6-8-37(36)53-26-39(48)50/h5-18,23,25,27,38,40,49H,19-22,24,26H2,1-4H3/t27-,38+,40-,42+/m0/s1. The van der Waals surface area contributed by atoms with Crippen LogP contribution in [0.3, 0.4) is 0 Å². The van der Waals surface area contributed by atoms with Gasteiger partial charge in [-0.1, -0.05) is 78.4 Å². The number of ether oxygens (including phenoxy) is 3. The summed E-state index contributed by atoms with van der Waals surface area (Å²) in [6.45, 7) is 7.69. The van der Waals surface area contributed by atoms with Crippen LogP contribution in [0.1, 0.15) is 30.2 Å². The van der Waals surface area contributed by atoms with Crippen LogP contribution < -0.4 is 24.5 Å². The molecule has 5 aromatic rings. The average molecular weight is 778 g/mol. The molecule has 1 N–H and O–H groups in total. The van der Waals surface area contributed by atoms with Gasteiger partial charge in [0.2, 0.25) is 0 Å². The number of methoxy groups -OCH3 is 1. The van der Waals surface area contributed by atoms with E-state index in [1.165, 1.54) is 5.19 Å². The maximum Gasteiger partial charge on any atom is 0.269 e. The largest absolute Gasteiger partial charge is 0.497 e. The minimum Gasteiger partial charge on any atom is -0.497 e. The SMILES string of the molecule is COc1ccc([Si](C)(C)[C@@H]2[C@@H](CCn3cc(CCO)nn3)O[C@]3(C(=O)N(Cc4ccc(N5C(=O)COc6ccccc65)cc4)c4ccc(Cl)cc43)[C@H]2C)cc1. The zero-order valence-corrected chi connectivity index (χ0v) is 33.1. The van der Waals surface area contributed by atoms with Gasteiger partial charge in [-0.2, -0.15) is 0 Å². The van der Waals surface area contributed by atoms with E-state index in [4.69, 9.17) is 25.8 Å². The van der Waals surface area contributed by atoms with Gasteiger partial charge < -0.3 is 24.2 Å². The summed E-state index contributed by atoms with van der Waals surface area (Å²) in [5.41, 5.74) is 3.37. The molecule has 8 rings (SSSR count). The van der Waals surface area contributed by atoms with Crippen molar-refractivity contribution in [3.63, 3.8) is 0 Å². The van der Waals surface area contributed by atoms with Gasteiger partial charge in [-0.3, -0.25) is 19.2 Å². The predicted molar refractivity (Wildman–Crippen MR) is 213 cm³/mol. The molecule has 11 nitrogen and oxygen atoms in total. The quantitative estimate of drug-likeness (QED) is 0.154. The Morgan fingerprint density at radius 3 is 2.51 bits per heavy atom. The Hall–Kier alpha value is -5.01. The van der Waals surface area contributed by atoms with Crippen molar-refractivity contribution in [2.75, 3.05) is 30.1 Å². The number of hydrogen-bond acceptors (Lipinski definition) is 8. The molecule has 4 atom stereocenters. The Labute approximate surface area is 326 Å². The van der Waals surface area contributed by atoms with Crippen molar-refractivity contribution >= 4 is 53.7 Å². The van der Waals surface area contributed by atoms with Gasteiger partial charge in [-0.25, -0.2) is 0 Å². The fraction of sp³-hybridized carbons (Fsp3) is 0.333. The molecule has 1 saturated heterocycles. The van der Waals surface area contributed by atoms with Crippen molar-refractivity contribution in [3.8, 4) is 11.5 Å². The molecule has 0 unspecified atom stereocenters. The number of anilines is 3. The van der Waals surface area contributed by atoms with E-state index in [2.05, 4.69) is 42.5 Å². The topological polar surface area (TPSA) is 119 Å². The number of nitrogens with zero attached hydrogens (tertiary/aromatic N) is 5. The van der Waals surface area contributed by atoms with Gasteiger partial charge in [-0.05, 0) is 72.1 Å². The van der Waals surface area contributed by atoms with Crippen LogP contribution in [0.25, 0.3) is 0 Å². The fourth-order valence-electron chi connectivity index (χ4n) is 8.97. The van der Waals surface area contributed by atoms with E-state index in [-0.39, 0.29) is 42.6 Å². The number of rotatable bonds is 11. The molecule has 0 saturated carbocycles. The monoisotopic (exact) mass is 777 g/mol. The molecule has 4 aromatic carbocycles. The van der Waals surface area contributed by atoms with E-state index in [1.54, 1.807) is 16.7 Å². The van der Waals surface area contributed by atoms with Crippen LogP contribution >= 0.6 is 11.6 Å². The summed E-state index contributed by atoms with van der Waals surface area (Å²) in [6, 6.07) is 29.2. The summed E-state index contributed by atoms with van der Waals surface area (Å²) in [7, 11) is -0.700. The average Bonchev–Trinajstić information content (AvgIpc) is 3.84. The van der Waals surface area contributed by atoms with Gasteiger partial charge >= 0.3 is 0 Å². The molecule has 4 heterocycles. The first-order valence-corrected chi connectivity index (χ1v) is 22.1. The molecular weight excluding hydrogens is 734 g/mol. The molecule has 284 valence electrons. The summed E-state index contributed by atoms with van der Waals surface area (Å²) in [5.74, 6) is 0.980. The highest BCUT2D eigenvalue weighted by atomic mass is 35.5. The van der Waals surface area contributed by atoms with Crippen LogP contribution in [-0.4, -0.2) is 66.4 Å². The molecule has 55 heavy (non-hydrogen) atoms. The minimum absolute atomic E-state index is 0.000980. The molecule has 0 bridgehead atoms. The number of benzene rings is 4. The maximum absolute atomic E-state index is 15.2. The first-order chi connectivity index (χ1) is 26.5. The second kappa shape index (κ2) is 14.6. The Morgan fingerprint density at radius 2 is 1.76 bits per heavy atom. The van der Waals surface area contributed by atoms with Crippen LogP contribution in [0.4, 0.5) is 17.1 Å². The van der Waals surface area contributed by atoms with E-state index >= 15 is 4.79 Å². The molecule has 13 heteroatoms. The van der Waals surface area contributed by atoms with Crippen molar-refractivity contribution < 1.29 is 28.9 Å². The minimum atomic E-state index is -2.37. The molecule has 1 fully saturated rings. The van der Waals surface area contributed by atoms with Gasteiger partial charge in [0.25, 0.3) is 11.8 Å². The lowest BCUT2D eigenvalue weighted by molar-refractivity contribution is -0.146. The zero-order valence-electron chi connectivity index (χ0n) is 31.3. The van der Waals surface area contributed by atoms with E-state index in [1.807, 2.05) is 90.0 Å². The summed E-state index contributed by atoms with van der Waals surface area (Å²) in [6.07, 6.45) is 2.62. The first kappa shape index (κ1) is 36.9. The molecule has 1 aromatic heterocycles. The number of aliphatic hydroxyl groups excluding tert-OH is 1. The predicted octanol–water partition coefficient (Wildman–Crippen LogP) is 6.39. The van der Waals surface area contributed by atoms with Crippen LogP contribution in [0.5, 0.6) is 11.5 Å². The van der Waals surface area contributed by atoms with Crippen molar-refractivity contribution in [2.24, 2.45) is 5.92 Å². The fourth-order valence-corrected chi connectivity index (χ4v) is 13.2. The normalized spacial score (nSPS) is 21.9. The summed E-state index contributed by atoms with van der Waals surface area (Å²) in [5, 5.41) is 19.8. The highest BCUT2D eigenvalue weighted by Gasteiger charge is 2.66. The summed E-state index contributed by atoms with van der Waals surface area (Å²) >= 11 is 6.72. The summed E-state index contributed by atoms with van der Waals surface area (Å²) < 4.78 is 20.2. The lowest BCUT2D eigenvalue weighted by atomic mass is 9.82. The smallest absolute Gasteiger partial charge is 0.269 e. The number of aliphatic hydroxyl groups is 1. The van der Waals surface area contributed by atoms with E-state index in [9.17, 15) is 9.90 Å². The number of halogens is 1. The third kappa shape index (κ3) is 6.40. The summed E-state index contributed by atoms with van der Waals surface area (Å²) in [4.78, 5) is 31.7. The number of hydrogen-bond donors (Lipinski definition) is 1. The highest BCUT2D eigenvalue weighted by molar-refractivity contribution is 6.91. The molecule has 3 aliphatic rings. The van der Waals surface area contributed by atoms with E-state index < -0.39 is 13.7 Å². The zero-order chi connectivity index (χ0) is 38.5. The van der Waals surface area contributed by atoms with E-state index in [0.717, 1.165) is 33.9 Å². The maximum atomic E-state index is 15.2. The molecule has 0 aliphatic carbocycles. The number of aryl methyl sites for hydroxylation is 1. The van der Waals surface area contributed by atoms with Crippen molar-refractivity contribution in [1.82, 2.24) is 15.0 Å². The van der Waals surface area contributed by atoms with Crippen molar-refractivity contribution in [2.45, 2.75) is 63.2 Å². The van der Waals surface area contributed by atoms with Gasteiger partial charge in [0.15, 0.2) is 12.2 Å². The van der Waals surface area contributed by atoms with Crippen LogP contribution in [0.15, 0.2) is 97.2 Å². The van der Waals surface area contributed by atoms with Crippen molar-refractivity contribution in [3.05, 3.63) is 119 Å². The Kier molecular flexibility index (Phi) is 9.79. The second-order valence-electron chi connectivity index (χ2n) is 15.1. The number of fused-ring (bicyclic) bond motifs is 3. The Bertz CT molecular complexity index is 2230. The Morgan fingerprint density at radius 1 is 1.00 bits per heavy atom. The van der Waals surface area contributed by atoms with Crippen LogP contribution in [0.2, 0.25) is 23.7 Å². The van der Waals surface area contributed by atoms with E-state index in [0.29, 0.717) is 42.4 Å². The highest BCUT2D eigenvalue weighted by Crippen LogP contribution is 2.60. The number of amides is 2. The molecule has 0 radical (unpaired) electrons. The number of carbonyl (C=O) groups is 2. The lowest BCUT2D eigenvalue weighted by Gasteiger charge is -2.37. The molecule has 2 amide bonds. The van der Waals surface area contributed by atoms with Crippen LogP contribution in [-0.2, 0) is 39.4 Å². The first-order valence-electron chi connectivity index (χ1n) is 18.6. The molecule has 3 aliphatic heterocycles. The third-order valence-corrected chi connectivity index (χ3v) is 16.2. The Balaban J connectivity index is 1.13. The van der Waals surface area contributed by atoms with Gasteiger partial charge in [0.05, 0.1) is 44.9 Å². The van der Waals surface area contributed by atoms with Crippen LogP contribution in [0, 0.1) is 5.92 Å². The molecular formula is C42H44ClN5O6Si.